The van der Waals surface area contributed by atoms with E-state index in [0.29, 0.717) is 24.9 Å². The molecule has 196 valence electrons. The average molecular weight is 498 g/mol. The summed E-state index contributed by atoms with van der Waals surface area (Å²) in [5, 5.41) is 2.93. The summed E-state index contributed by atoms with van der Waals surface area (Å²) in [6, 6.07) is 5.50. The molecule has 3 saturated heterocycles. The molecule has 4 rings (SSSR count). The number of hydrogen-bond acceptors (Lipinski definition) is 5. The van der Waals surface area contributed by atoms with Gasteiger partial charge in [0.25, 0.3) is 5.91 Å². The zero-order valence-electron chi connectivity index (χ0n) is 21.9. The van der Waals surface area contributed by atoms with Crippen molar-refractivity contribution in [2.45, 2.75) is 64.1 Å². The summed E-state index contributed by atoms with van der Waals surface area (Å²) in [5.41, 5.74) is 1.46. The minimum Gasteiger partial charge on any atom is -0.378 e. The van der Waals surface area contributed by atoms with E-state index in [0.717, 1.165) is 38.0 Å². The van der Waals surface area contributed by atoms with Crippen LogP contribution in [0.5, 0.6) is 0 Å². The summed E-state index contributed by atoms with van der Waals surface area (Å²) in [7, 11) is 3.86. The van der Waals surface area contributed by atoms with Gasteiger partial charge in [0.05, 0.1) is 12.6 Å². The molecule has 1 aromatic carbocycles. The summed E-state index contributed by atoms with van der Waals surface area (Å²) < 4.78 is 0. The Kier molecular flexibility index (Phi) is 7.85. The maximum atomic E-state index is 13.7. The van der Waals surface area contributed by atoms with Crippen molar-refractivity contribution in [2.24, 2.45) is 5.92 Å². The molecule has 3 heterocycles. The number of benzene rings is 1. The van der Waals surface area contributed by atoms with Crippen LogP contribution in [0.15, 0.2) is 24.3 Å². The van der Waals surface area contributed by atoms with Gasteiger partial charge in [0.2, 0.25) is 5.91 Å². The molecule has 0 bridgehead atoms. The highest BCUT2D eigenvalue weighted by Crippen LogP contribution is 2.32. The van der Waals surface area contributed by atoms with Crippen molar-refractivity contribution in [3.8, 4) is 0 Å². The summed E-state index contributed by atoms with van der Waals surface area (Å²) in [6.07, 6.45) is 4.15. The Morgan fingerprint density at radius 1 is 1.00 bits per heavy atom. The predicted molar refractivity (Wildman–Crippen MR) is 138 cm³/mol. The number of Topliss-reactive ketones (excluding diaryl/α,β-unsaturated/α-hetero) is 1. The zero-order chi connectivity index (χ0) is 26.0. The Morgan fingerprint density at radius 3 is 2.28 bits per heavy atom. The van der Waals surface area contributed by atoms with Crippen LogP contribution in [0.4, 0.5) is 10.5 Å². The SMILES string of the molecule is CC(C)C[C@H](NC(=O)c1ccc(N(C)C)cc1)C(=O)N1CCC2[C@H]1C(=O)CN2C(=O)N1CCCCC1. The number of carbonyl (C=O) groups is 4. The molecule has 1 aromatic rings. The third kappa shape index (κ3) is 5.34. The van der Waals surface area contributed by atoms with Crippen LogP contribution in [0.3, 0.4) is 0 Å². The van der Waals surface area contributed by atoms with Crippen molar-refractivity contribution in [1.29, 1.82) is 0 Å². The van der Waals surface area contributed by atoms with Gasteiger partial charge in [0.15, 0.2) is 5.78 Å². The molecule has 9 heteroatoms. The summed E-state index contributed by atoms with van der Waals surface area (Å²) in [4.78, 5) is 60.0. The molecular formula is C27H39N5O4. The fraction of sp³-hybridized carbons (Fsp3) is 0.630. The minimum atomic E-state index is -0.732. The van der Waals surface area contributed by atoms with Crippen LogP contribution in [0, 0.1) is 5.92 Å². The summed E-state index contributed by atoms with van der Waals surface area (Å²) in [6.45, 7) is 5.92. The first-order chi connectivity index (χ1) is 17.2. The average Bonchev–Trinajstić information content (AvgIpc) is 3.44. The van der Waals surface area contributed by atoms with Crippen LogP contribution in [-0.2, 0) is 9.59 Å². The number of rotatable bonds is 6. The Labute approximate surface area is 213 Å². The highest BCUT2D eigenvalue weighted by atomic mass is 16.2. The quantitative estimate of drug-likeness (QED) is 0.651. The zero-order valence-corrected chi connectivity index (χ0v) is 21.9. The van der Waals surface area contributed by atoms with Gasteiger partial charge < -0.3 is 24.9 Å². The number of anilines is 1. The molecule has 0 spiro atoms. The lowest BCUT2D eigenvalue weighted by Crippen LogP contribution is -2.53. The number of urea groups is 1. The molecule has 4 amide bonds. The van der Waals surface area contributed by atoms with Crippen molar-refractivity contribution in [3.63, 3.8) is 0 Å². The van der Waals surface area contributed by atoms with E-state index < -0.39 is 12.1 Å². The Morgan fingerprint density at radius 2 is 1.67 bits per heavy atom. The number of ketones is 1. The highest BCUT2D eigenvalue weighted by Gasteiger charge is 2.52. The van der Waals surface area contributed by atoms with Gasteiger partial charge in [0.1, 0.15) is 12.1 Å². The Hall–Kier alpha value is -3.10. The lowest BCUT2D eigenvalue weighted by atomic mass is 10.0. The van der Waals surface area contributed by atoms with Gasteiger partial charge >= 0.3 is 6.03 Å². The van der Waals surface area contributed by atoms with E-state index in [2.05, 4.69) is 5.32 Å². The van der Waals surface area contributed by atoms with Crippen molar-refractivity contribution >= 4 is 29.3 Å². The molecule has 0 saturated carbocycles. The van der Waals surface area contributed by atoms with E-state index in [4.69, 9.17) is 0 Å². The third-order valence-electron chi connectivity index (χ3n) is 7.53. The molecule has 1 unspecified atom stereocenters. The van der Waals surface area contributed by atoms with Crippen LogP contribution in [-0.4, -0.2) is 96.7 Å². The lowest BCUT2D eigenvalue weighted by molar-refractivity contribution is -0.138. The standard InChI is InChI=1S/C27H39N5O4/c1-18(2)16-21(28-25(34)19-8-10-20(11-9-19)29(3)4)26(35)31-15-12-22-24(31)23(33)17-32(22)27(36)30-13-6-5-7-14-30/h8-11,18,21-22,24H,5-7,12-17H2,1-4H3,(H,28,34)/t21-,22?,24-/m0/s1. The van der Waals surface area contributed by atoms with Gasteiger partial charge in [0, 0.05) is 45.0 Å². The van der Waals surface area contributed by atoms with Gasteiger partial charge in [-0.25, -0.2) is 4.79 Å². The van der Waals surface area contributed by atoms with Gasteiger partial charge in [-0.3, -0.25) is 14.4 Å². The van der Waals surface area contributed by atoms with Crippen molar-refractivity contribution in [1.82, 2.24) is 20.0 Å². The maximum absolute atomic E-state index is 13.7. The summed E-state index contributed by atoms with van der Waals surface area (Å²) >= 11 is 0. The molecule has 0 aliphatic carbocycles. The maximum Gasteiger partial charge on any atom is 0.320 e. The number of likely N-dealkylation sites (tertiary alicyclic amines) is 3. The fourth-order valence-corrected chi connectivity index (χ4v) is 5.64. The second-order valence-corrected chi connectivity index (χ2v) is 10.9. The highest BCUT2D eigenvalue weighted by molar-refractivity contribution is 6.00. The fourth-order valence-electron chi connectivity index (χ4n) is 5.64. The molecule has 9 nitrogen and oxygen atoms in total. The minimum absolute atomic E-state index is 0.0495. The molecule has 1 N–H and O–H groups in total. The molecule has 36 heavy (non-hydrogen) atoms. The number of fused-ring (bicyclic) bond motifs is 1. The summed E-state index contributed by atoms with van der Waals surface area (Å²) in [5.74, 6) is -0.472. The Bertz CT molecular complexity index is 986. The van der Waals surface area contributed by atoms with E-state index in [-0.39, 0.29) is 42.1 Å². The molecule has 0 aromatic heterocycles. The molecule has 3 aliphatic rings. The normalized spacial score (nSPS) is 22.6. The molecule has 3 aliphatic heterocycles. The van der Waals surface area contributed by atoms with Crippen molar-refractivity contribution in [3.05, 3.63) is 29.8 Å². The first kappa shape index (κ1) is 26.0. The van der Waals surface area contributed by atoms with Gasteiger partial charge in [-0.15, -0.1) is 0 Å². The first-order valence-corrected chi connectivity index (χ1v) is 13.1. The number of amides is 4. The molecule has 3 atom stereocenters. The molecule has 3 fully saturated rings. The van der Waals surface area contributed by atoms with Crippen molar-refractivity contribution in [2.75, 3.05) is 45.2 Å². The van der Waals surface area contributed by atoms with E-state index in [9.17, 15) is 19.2 Å². The Balaban J connectivity index is 1.46. The van der Waals surface area contributed by atoms with Crippen LogP contribution in [0.1, 0.15) is 56.3 Å². The topological polar surface area (TPSA) is 93.3 Å². The van der Waals surface area contributed by atoms with E-state index in [1.807, 2.05) is 49.9 Å². The third-order valence-corrected chi connectivity index (χ3v) is 7.53. The van der Waals surface area contributed by atoms with Gasteiger partial charge in [-0.2, -0.15) is 0 Å². The van der Waals surface area contributed by atoms with Gasteiger partial charge in [-0.05, 0) is 62.3 Å². The van der Waals surface area contributed by atoms with Crippen LogP contribution in [0.25, 0.3) is 0 Å². The van der Waals surface area contributed by atoms with Crippen LogP contribution < -0.4 is 10.2 Å². The van der Waals surface area contributed by atoms with Crippen molar-refractivity contribution < 1.29 is 19.2 Å². The predicted octanol–water partition coefficient (Wildman–Crippen LogP) is 2.36. The van der Waals surface area contributed by atoms with Gasteiger partial charge in [-0.1, -0.05) is 13.8 Å². The van der Waals surface area contributed by atoms with E-state index in [1.165, 1.54) is 0 Å². The van der Waals surface area contributed by atoms with E-state index in [1.54, 1.807) is 21.9 Å². The number of piperidine rings is 1. The van der Waals surface area contributed by atoms with Crippen LogP contribution in [0.2, 0.25) is 0 Å². The number of carbonyl (C=O) groups excluding carboxylic acids is 4. The second-order valence-electron chi connectivity index (χ2n) is 10.9. The van der Waals surface area contributed by atoms with Crippen LogP contribution >= 0.6 is 0 Å². The van der Waals surface area contributed by atoms with E-state index >= 15 is 0 Å². The first-order valence-electron chi connectivity index (χ1n) is 13.1. The number of hydrogen-bond donors (Lipinski definition) is 1. The number of nitrogens with one attached hydrogen (secondary N) is 1. The molecular weight excluding hydrogens is 458 g/mol. The lowest BCUT2D eigenvalue weighted by Gasteiger charge is -2.33. The number of nitrogens with zero attached hydrogens (tertiary/aromatic N) is 4. The molecule has 0 radical (unpaired) electrons. The second kappa shape index (κ2) is 10.9. The monoisotopic (exact) mass is 497 g/mol. The smallest absolute Gasteiger partial charge is 0.320 e. The largest absolute Gasteiger partial charge is 0.378 e.